The van der Waals surface area contributed by atoms with Gasteiger partial charge in [-0.25, -0.2) is 0 Å². The highest BCUT2D eigenvalue weighted by Gasteiger charge is 2.08. The fraction of sp³-hybridized carbons (Fsp3) is 0.533. The molecule has 19 heavy (non-hydrogen) atoms. The van der Waals surface area contributed by atoms with Crippen molar-refractivity contribution in [3.8, 4) is 6.07 Å². The molecule has 0 spiro atoms. The number of nitrogens with one attached hydrogen (secondary N) is 1. The van der Waals surface area contributed by atoms with E-state index in [1.807, 2.05) is 18.2 Å². The first-order valence-corrected chi connectivity index (χ1v) is 7.75. The van der Waals surface area contributed by atoms with E-state index in [2.05, 4.69) is 32.2 Å². The lowest BCUT2D eigenvalue weighted by atomic mass is 10.2. The van der Waals surface area contributed by atoms with E-state index in [1.54, 1.807) is 0 Å². The summed E-state index contributed by atoms with van der Waals surface area (Å²) < 4.78 is 0.856. The molecule has 0 atom stereocenters. The third-order valence-corrected chi connectivity index (χ3v) is 4.20. The Balaban J connectivity index is 1.79. The Hall–Kier alpha value is -1.05. The second-order valence-electron chi connectivity index (χ2n) is 4.99. The number of rotatable bonds is 4. The van der Waals surface area contributed by atoms with Crippen LogP contribution in [0.1, 0.15) is 31.2 Å². The van der Waals surface area contributed by atoms with Crippen molar-refractivity contribution in [1.82, 2.24) is 4.90 Å². The maximum Gasteiger partial charge on any atom is 0.100 e. The van der Waals surface area contributed by atoms with Crippen LogP contribution in [-0.4, -0.2) is 31.1 Å². The molecule has 0 aliphatic carbocycles. The predicted molar refractivity (Wildman–Crippen MR) is 82.3 cm³/mol. The normalized spacial score (nSPS) is 16.6. The van der Waals surface area contributed by atoms with Gasteiger partial charge in [0, 0.05) is 23.2 Å². The van der Waals surface area contributed by atoms with Gasteiger partial charge in [-0.2, -0.15) is 5.26 Å². The Morgan fingerprint density at radius 1 is 1.21 bits per heavy atom. The van der Waals surface area contributed by atoms with Crippen molar-refractivity contribution in [3.63, 3.8) is 0 Å². The largest absolute Gasteiger partial charge is 0.384 e. The summed E-state index contributed by atoms with van der Waals surface area (Å²) >= 11 is 3.41. The summed E-state index contributed by atoms with van der Waals surface area (Å²) in [4.78, 5) is 2.54. The van der Waals surface area contributed by atoms with Crippen molar-refractivity contribution in [2.75, 3.05) is 31.5 Å². The predicted octanol–water partition coefficient (Wildman–Crippen LogP) is 3.61. The van der Waals surface area contributed by atoms with Crippen LogP contribution in [0, 0.1) is 11.3 Å². The summed E-state index contributed by atoms with van der Waals surface area (Å²) in [6, 6.07) is 7.94. The molecule has 0 radical (unpaired) electrons. The van der Waals surface area contributed by atoms with E-state index in [0.29, 0.717) is 5.56 Å². The number of anilines is 1. The fourth-order valence-electron chi connectivity index (χ4n) is 2.43. The van der Waals surface area contributed by atoms with Crippen molar-refractivity contribution in [3.05, 3.63) is 28.2 Å². The summed E-state index contributed by atoms with van der Waals surface area (Å²) in [7, 11) is 0. The number of hydrogen-bond donors (Lipinski definition) is 1. The van der Waals surface area contributed by atoms with Gasteiger partial charge in [0.1, 0.15) is 6.07 Å². The first-order valence-electron chi connectivity index (χ1n) is 6.95. The summed E-state index contributed by atoms with van der Waals surface area (Å²) in [5, 5.41) is 12.3. The Morgan fingerprint density at radius 2 is 1.95 bits per heavy atom. The molecule has 0 saturated carbocycles. The smallest absolute Gasteiger partial charge is 0.100 e. The van der Waals surface area contributed by atoms with Gasteiger partial charge in [0.25, 0.3) is 0 Å². The molecule has 1 aliphatic heterocycles. The topological polar surface area (TPSA) is 39.1 Å². The zero-order valence-electron chi connectivity index (χ0n) is 11.2. The van der Waals surface area contributed by atoms with Crippen LogP contribution in [0.3, 0.4) is 0 Å². The van der Waals surface area contributed by atoms with Crippen molar-refractivity contribution in [2.45, 2.75) is 25.7 Å². The van der Waals surface area contributed by atoms with Gasteiger partial charge in [0.05, 0.1) is 5.56 Å². The van der Waals surface area contributed by atoms with Gasteiger partial charge < -0.3 is 10.2 Å². The first-order chi connectivity index (χ1) is 9.29. The van der Waals surface area contributed by atoms with E-state index in [9.17, 15) is 0 Å². The molecule has 0 bridgehead atoms. The highest BCUT2D eigenvalue weighted by Crippen LogP contribution is 2.20. The van der Waals surface area contributed by atoms with Crippen molar-refractivity contribution >= 4 is 21.6 Å². The Bertz CT molecular complexity index is 445. The number of likely N-dealkylation sites (tertiary alicyclic amines) is 1. The molecule has 1 saturated heterocycles. The van der Waals surface area contributed by atoms with Crippen LogP contribution in [0.4, 0.5) is 5.69 Å². The van der Waals surface area contributed by atoms with E-state index >= 15 is 0 Å². The van der Waals surface area contributed by atoms with Crippen molar-refractivity contribution in [2.24, 2.45) is 0 Å². The van der Waals surface area contributed by atoms with Gasteiger partial charge in [-0.15, -0.1) is 0 Å². The molecule has 1 heterocycles. The molecule has 0 unspecified atom stereocenters. The van der Waals surface area contributed by atoms with E-state index in [-0.39, 0.29) is 0 Å². The van der Waals surface area contributed by atoms with Gasteiger partial charge in [-0.3, -0.25) is 0 Å². The first kappa shape index (κ1) is 14.4. The van der Waals surface area contributed by atoms with Crippen LogP contribution in [0.2, 0.25) is 0 Å². The summed E-state index contributed by atoms with van der Waals surface area (Å²) in [6.07, 6.45) is 5.43. The van der Waals surface area contributed by atoms with Crippen LogP contribution in [0.5, 0.6) is 0 Å². The lowest BCUT2D eigenvalue weighted by molar-refractivity contribution is 0.296. The quantitative estimate of drug-likeness (QED) is 0.920. The van der Waals surface area contributed by atoms with Crippen LogP contribution in [0.25, 0.3) is 0 Å². The zero-order chi connectivity index (χ0) is 13.5. The Kier molecular flexibility index (Phi) is 5.68. The third kappa shape index (κ3) is 4.52. The molecule has 1 N–H and O–H groups in total. The monoisotopic (exact) mass is 321 g/mol. The molecule has 1 aromatic rings. The third-order valence-electron chi connectivity index (χ3n) is 3.55. The number of nitrogens with zero attached hydrogens (tertiary/aromatic N) is 2. The standard InChI is InChI=1S/C15H20BrN3/c16-15-11-14(6-5-13(15)12-17)18-7-10-19-8-3-1-2-4-9-19/h5-6,11,18H,1-4,7-10H2. The maximum absolute atomic E-state index is 8.88. The fourth-order valence-corrected chi connectivity index (χ4v) is 2.90. The van der Waals surface area contributed by atoms with E-state index < -0.39 is 0 Å². The number of halogens is 1. The van der Waals surface area contributed by atoms with Gasteiger partial charge in [0.2, 0.25) is 0 Å². The summed E-state index contributed by atoms with van der Waals surface area (Å²) in [5.74, 6) is 0. The van der Waals surface area contributed by atoms with Crippen LogP contribution >= 0.6 is 15.9 Å². The summed E-state index contributed by atoms with van der Waals surface area (Å²) in [6.45, 7) is 4.52. The molecule has 102 valence electrons. The van der Waals surface area contributed by atoms with Gasteiger partial charge in [-0.1, -0.05) is 12.8 Å². The molecular weight excluding hydrogens is 302 g/mol. The van der Waals surface area contributed by atoms with Gasteiger partial charge in [0.15, 0.2) is 0 Å². The molecule has 1 aliphatic rings. The second kappa shape index (κ2) is 7.52. The number of nitriles is 1. The van der Waals surface area contributed by atoms with Crippen LogP contribution in [0.15, 0.2) is 22.7 Å². The van der Waals surface area contributed by atoms with Crippen LogP contribution in [-0.2, 0) is 0 Å². The number of benzene rings is 1. The Morgan fingerprint density at radius 3 is 2.58 bits per heavy atom. The minimum absolute atomic E-state index is 0.679. The average Bonchev–Trinajstić information content (AvgIpc) is 2.68. The Labute approximate surface area is 123 Å². The van der Waals surface area contributed by atoms with Crippen molar-refractivity contribution in [1.29, 1.82) is 5.26 Å². The highest BCUT2D eigenvalue weighted by molar-refractivity contribution is 9.10. The molecular formula is C15H20BrN3. The molecule has 0 aromatic heterocycles. The average molecular weight is 322 g/mol. The minimum atomic E-state index is 0.679. The lowest BCUT2D eigenvalue weighted by Gasteiger charge is -2.20. The molecule has 3 nitrogen and oxygen atoms in total. The number of hydrogen-bond acceptors (Lipinski definition) is 3. The molecule has 1 aromatic carbocycles. The van der Waals surface area contributed by atoms with Crippen LogP contribution < -0.4 is 5.32 Å². The highest BCUT2D eigenvalue weighted by atomic mass is 79.9. The van der Waals surface area contributed by atoms with E-state index in [4.69, 9.17) is 5.26 Å². The minimum Gasteiger partial charge on any atom is -0.384 e. The van der Waals surface area contributed by atoms with Gasteiger partial charge >= 0.3 is 0 Å². The maximum atomic E-state index is 8.88. The van der Waals surface area contributed by atoms with Crippen molar-refractivity contribution < 1.29 is 0 Å². The molecule has 1 fully saturated rings. The molecule has 2 rings (SSSR count). The van der Waals surface area contributed by atoms with E-state index in [1.165, 1.54) is 38.8 Å². The summed E-state index contributed by atoms with van der Waals surface area (Å²) in [5.41, 5.74) is 1.75. The zero-order valence-corrected chi connectivity index (χ0v) is 12.7. The lowest BCUT2D eigenvalue weighted by Crippen LogP contribution is -2.29. The second-order valence-corrected chi connectivity index (χ2v) is 5.84. The SMILES string of the molecule is N#Cc1ccc(NCCN2CCCCCC2)cc1Br. The van der Waals surface area contributed by atoms with E-state index in [0.717, 1.165) is 23.2 Å². The van der Waals surface area contributed by atoms with Gasteiger partial charge in [-0.05, 0) is 60.1 Å². The molecule has 4 heteroatoms. The molecule has 0 amide bonds.